The van der Waals surface area contributed by atoms with Crippen LogP contribution in [-0.4, -0.2) is 63.5 Å². The van der Waals surface area contributed by atoms with Crippen molar-refractivity contribution in [3.05, 3.63) is 0 Å². The number of hydrogen-bond acceptors (Lipinski definition) is 4. The van der Waals surface area contributed by atoms with E-state index in [1.165, 1.54) is 32.4 Å². The molecule has 0 aromatic heterocycles. The molecule has 0 bridgehead atoms. The predicted molar refractivity (Wildman–Crippen MR) is 88.8 cm³/mol. The summed E-state index contributed by atoms with van der Waals surface area (Å²) in [5.74, 6) is 0.720. The highest BCUT2D eigenvalue weighted by atomic mass is 16.5. The number of rotatable bonds is 11. The summed E-state index contributed by atoms with van der Waals surface area (Å²) in [5.41, 5.74) is 0. The number of nitrogens with zero attached hydrogens (tertiary/aromatic N) is 1. The molecule has 4 heteroatoms. The minimum Gasteiger partial charge on any atom is -0.382 e. The van der Waals surface area contributed by atoms with Gasteiger partial charge in [-0.25, -0.2) is 0 Å². The Hall–Kier alpha value is -0.160. The molecule has 2 unspecified atom stereocenters. The third kappa shape index (κ3) is 7.59. The van der Waals surface area contributed by atoms with Gasteiger partial charge in [-0.15, -0.1) is 0 Å². The standard InChI is InChI=1S/C17H36N2O2/c1-5-8-16-14-19(17(13-18-16)15(2)3)9-6-7-10-21-12-11-20-4/h15-18H,5-14H2,1-4H3. The van der Waals surface area contributed by atoms with Gasteiger partial charge in [0.2, 0.25) is 0 Å². The molecule has 2 atom stereocenters. The average molecular weight is 300 g/mol. The minimum atomic E-state index is 0.683. The zero-order chi connectivity index (χ0) is 15.5. The van der Waals surface area contributed by atoms with Crippen LogP contribution in [0.4, 0.5) is 0 Å². The summed E-state index contributed by atoms with van der Waals surface area (Å²) in [6.07, 6.45) is 4.94. The van der Waals surface area contributed by atoms with Crippen molar-refractivity contribution in [2.24, 2.45) is 5.92 Å². The fourth-order valence-electron chi connectivity index (χ4n) is 3.12. The molecular formula is C17H36N2O2. The molecule has 126 valence electrons. The number of unbranched alkanes of at least 4 members (excludes halogenated alkanes) is 1. The summed E-state index contributed by atoms with van der Waals surface area (Å²) >= 11 is 0. The third-order valence-electron chi connectivity index (χ3n) is 4.36. The zero-order valence-electron chi connectivity index (χ0n) is 14.6. The third-order valence-corrected chi connectivity index (χ3v) is 4.36. The Morgan fingerprint density at radius 2 is 2.00 bits per heavy atom. The van der Waals surface area contributed by atoms with Gasteiger partial charge in [0.1, 0.15) is 0 Å². The van der Waals surface area contributed by atoms with E-state index in [1.807, 2.05) is 0 Å². The Morgan fingerprint density at radius 1 is 1.19 bits per heavy atom. The van der Waals surface area contributed by atoms with Crippen LogP contribution in [0.15, 0.2) is 0 Å². The van der Waals surface area contributed by atoms with Crippen molar-refractivity contribution in [1.29, 1.82) is 0 Å². The van der Waals surface area contributed by atoms with E-state index in [4.69, 9.17) is 9.47 Å². The summed E-state index contributed by atoms with van der Waals surface area (Å²) in [6.45, 7) is 12.8. The van der Waals surface area contributed by atoms with Crippen LogP contribution in [0, 0.1) is 5.92 Å². The van der Waals surface area contributed by atoms with Gasteiger partial charge >= 0.3 is 0 Å². The molecule has 1 saturated heterocycles. The van der Waals surface area contributed by atoms with E-state index in [-0.39, 0.29) is 0 Å². The first kappa shape index (κ1) is 18.9. The molecule has 1 heterocycles. The molecule has 1 rings (SSSR count). The lowest BCUT2D eigenvalue weighted by Gasteiger charge is -2.42. The summed E-state index contributed by atoms with van der Waals surface area (Å²) < 4.78 is 10.5. The maximum atomic E-state index is 5.54. The summed E-state index contributed by atoms with van der Waals surface area (Å²) in [7, 11) is 1.71. The zero-order valence-corrected chi connectivity index (χ0v) is 14.6. The highest BCUT2D eigenvalue weighted by molar-refractivity contribution is 4.87. The Morgan fingerprint density at radius 3 is 2.67 bits per heavy atom. The second-order valence-corrected chi connectivity index (χ2v) is 6.51. The molecule has 1 aliphatic heterocycles. The smallest absolute Gasteiger partial charge is 0.0700 e. The molecule has 0 saturated carbocycles. The Labute approximate surface area is 131 Å². The van der Waals surface area contributed by atoms with Gasteiger partial charge in [0.25, 0.3) is 0 Å². The van der Waals surface area contributed by atoms with Gasteiger partial charge in [0.05, 0.1) is 13.2 Å². The van der Waals surface area contributed by atoms with E-state index in [9.17, 15) is 0 Å². The normalized spacial score (nSPS) is 23.9. The molecule has 0 aromatic carbocycles. The van der Waals surface area contributed by atoms with Crippen LogP contribution in [0.5, 0.6) is 0 Å². The first-order chi connectivity index (χ1) is 10.2. The molecule has 0 aliphatic carbocycles. The molecule has 0 radical (unpaired) electrons. The molecule has 0 amide bonds. The van der Waals surface area contributed by atoms with Crippen molar-refractivity contribution >= 4 is 0 Å². The van der Waals surface area contributed by atoms with Crippen LogP contribution in [0.25, 0.3) is 0 Å². The molecule has 21 heavy (non-hydrogen) atoms. The lowest BCUT2D eigenvalue weighted by Crippen LogP contribution is -2.58. The van der Waals surface area contributed by atoms with Crippen molar-refractivity contribution in [2.75, 3.05) is 46.6 Å². The van der Waals surface area contributed by atoms with Gasteiger partial charge < -0.3 is 14.8 Å². The highest BCUT2D eigenvalue weighted by Gasteiger charge is 2.28. The molecule has 1 aliphatic rings. The molecule has 1 fully saturated rings. The van der Waals surface area contributed by atoms with Gasteiger partial charge in [-0.05, 0) is 31.7 Å². The number of nitrogens with one attached hydrogen (secondary N) is 1. The summed E-state index contributed by atoms with van der Waals surface area (Å²) in [5, 5.41) is 3.73. The highest BCUT2D eigenvalue weighted by Crippen LogP contribution is 2.17. The number of ether oxygens (including phenoxy) is 2. The van der Waals surface area contributed by atoms with Gasteiger partial charge in [0, 0.05) is 38.9 Å². The molecular weight excluding hydrogens is 264 g/mol. The van der Waals surface area contributed by atoms with Gasteiger partial charge in [-0.1, -0.05) is 27.2 Å². The van der Waals surface area contributed by atoms with E-state index in [0.29, 0.717) is 18.7 Å². The van der Waals surface area contributed by atoms with Crippen LogP contribution in [0.1, 0.15) is 46.5 Å². The Balaban J connectivity index is 2.23. The van der Waals surface area contributed by atoms with E-state index in [2.05, 4.69) is 31.0 Å². The summed E-state index contributed by atoms with van der Waals surface area (Å²) in [6, 6.07) is 1.37. The van der Waals surface area contributed by atoms with Crippen LogP contribution in [0.3, 0.4) is 0 Å². The van der Waals surface area contributed by atoms with E-state index in [0.717, 1.165) is 32.1 Å². The SMILES string of the molecule is CCCC1CN(CCCCOCCOC)C(C(C)C)CN1. The van der Waals surface area contributed by atoms with Crippen molar-refractivity contribution in [2.45, 2.75) is 58.5 Å². The molecule has 0 spiro atoms. The van der Waals surface area contributed by atoms with Gasteiger partial charge in [-0.3, -0.25) is 4.90 Å². The van der Waals surface area contributed by atoms with Crippen LogP contribution in [-0.2, 0) is 9.47 Å². The van der Waals surface area contributed by atoms with Gasteiger partial charge in [-0.2, -0.15) is 0 Å². The van der Waals surface area contributed by atoms with Crippen molar-refractivity contribution in [3.63, 3.8) is 0 Å². The first-order valence-corrected chi connectivity index (χ1v) is 8.73. The Kier molecular flexibility index (Phi) is 10.3. The largest absolute Gasteiger partial charge is 0.382 e. The van der Waals surface area contributed by atoms with Crippen LogP contribution >= 0.6 is 0 Å². The monoisotopic (exact) mass is 300 g/mol. The Bertz CT molecular complexity index is 249. The maximum absolute atomic E-state index is 5.54. The maximum Gasteiger partial charge on any atom is 0.0700 e. The molecule has 4 nitrogen and oxygen atoms in total. The van der Waals surface area contributed by atoms with E-state index in [1.54, 1.807) is 7.11 Å². The number of methoxy groups -OCH3 is 1. The second kappa shape index (κ2) is 11.4. The predicted octanol–water partition coefficient (Wildman–Crippen LogP) is 2.53. The number of hydrogen-bond donors (Lipinski definition) is 1. The topological polar surface area (TPSA) is 33.7 Å². The van der Waals surface area contributed by atoms with E-state index < -0.39 is 0 Å². The van der Waals surface area contributed by atoms with Crippen LogP contribution < -0.4 is 5.32 Å². The minimum absolute atomic E-state index is 0.683. The van der Waals surface area contributed by atoms with Gasteiger partial charge in [0.15, 0.2) is 0 Å². The van der Waals surface area contributed by atoms with Crippen molar-refractivity contribution in [1.82, 2.24) is 10.2 Å². The second-order valence-electron chi connectivity index (χ2n) is 6.51. The average Bonchev–Trinajstić information content (AvgIpc) is 2.46. The van der Waals surface area contributed by atoms with Crippen molar-refractivity contribution in [3.8, 4) is 0 Å². The quantitative estimate of drug-likeness (QED) is 0.595. The summed E-state index contributed by atoms with van der Waals surface area (Å²) in [4.78, 5) is 2.71. The van der Waals surface area contributed by atoms with Crippen LogP contribution in [0.2, 0.25) is 0 Å². The first-order valence-electron chi connectivity index (χ1n) is 8.73. The fourth-order valence-corrected chi connectivity index (χ4v) is 3.12. The lowest BCUT2D eigenvalue weighted by atomic mass is 9.96. The molecule has 0 aromatic rings. The lowest BCUT2D eigenvalue weighted by molar-refractivity contribution is 0.0620. The molecule has 1 N–H and O–H groups in total. The number of piperazine rings is 1. The van der Waals surface area contributed by atoms with Crippen molar-refractivity contribution < 1.29 is 9.47 Å². The van der Waals surface area contributed by atoms with E-state index >= 15 is 0 Å². The fraction of sp³-hybridized carbons (Fsp3) is 1.00.